The van der Waals surface area contributed by atoms with E-state index in [2.05, 4.69) is 10.5 Å². The Morgan fingerprint density at radius 1 is 1.62 bits per heavy atom. The number of hydrogen-bond acceptors (Lipinski definition) is 4. The number of rotatable bonds is 6. The lowest BCUT2D eigenvalue weighted by Crippen LogP contribution is -2.32. The molecule has 0 spiro atoms. The van der Waals surface area contributed by atoms with Gasteiger partial charge in [0.05, 0.1) is 0 Å². The van der Waals surface area contributed by atoms with E-state index < -0.39 is 0 Å². The maximum absolute atomic E-state index is 10.3. The Morgan fingerprint density at radius 2 is 2.23 bits per heavy atom. The first-order valence-electron chi connectivity index (χ1n) is 4.04. The van der Waals surface area contributed by atoms with E-state index in [1.807, 2.05) is 6.92 Å². The molecule has 76 valence electrons. The summed E-state index contributed by atoms with van der Waals surface area (Å²) >= 11 is 0. The Kier molecular flexibility index (Phi) is 5.62. The summed E-state index contributed by atoms with van der Waals surface area (Å²) < 4.78 is 0. The van der Waals surface area contributed by atoms with Crippen molar-refractivity contribution in [2.45, 2.75) is 13.3 Å². The number of hydrogen-bond donors (Lipinski definition) is 4. The highest BCUT2D eigenvalue weighted by Crippen LogP contribution is 1.91. The molecule has 6 heteroatoms. The molecule has 6 nitrogen and oxygen atoms in total. The van der Waals surface area contributed by atoms with Gasteiger partial charge in [-0.05, 0) is 0 Å². The first-order valence-corrected chi connectivity index (χ1v) is 4.04. The third kappa shape index (κ3) is 5.92. The lowest BCUT2D eigenvalue weighted by molar-refractivity contribution is -0.117. The van der Waals surface area contributed by atoms with E-state index >= 15 is 0 Å². The molecule has 0 saturated heterocycles. The standard InChI is InChI=1S/C7H16N4O2/c1-5(7(9)11-13)4-10-3-2-6(8)12/h5,10,13H,2-4H2,1H3,(H2,8,12)(H2,9,11). The van der Waals surface area contributed by atoms with Crippen molar-refractivity contribution in [3.8, 4) is 0 Å². The number of primary amides is 1. The molecule has 0 aromatic carbocycles. The average molecular weight is 188 g/mol. The van der Waals surface area contributed by atoms with Crippen LogP contribution in [0.5, 0.6) is 0 Å². The topological polar surface area (TPSA) is 114 Å². The Labute approximate surface area is 77.0 Å². The van der Waals surface area contributed by atoms with Gasteiger partial charge < -0.3 is 22.0 Å². The summed E-state index contributed by atoms with van der Waals surface area (Å²) in [4.78, 5) is 10.3. The van der Waals surface area contributed by atoms with E-state index in [9.17, 15) is 4.79 Å². The summed E-state index contributed by atoms with van der Waals surface area (Å²) in [6, 6.07) is 0. The molecular formula is C7H16N4O2. The molecule has 0 heterocycles. The van der Waals surface area contributed by atoms with Crippen molar-refractivity contribution in [3.05, 3.63) is 0 Å². The second kappa shape index (κ2) is 6.24. The van der Waals surface area contributed by atoms with E-state index in [-0.39, 0.29) is 17.7 Å². The van der Waals surface area contributed by atoms with Gasteiger partial charge in [-0.25, -0.2) is 0 Å². The van der Waals surface area contributed by atoms with Gasteiger partial charge in [-0.2, -0.15) is 0 Å². The van der Waals surface area contributed by atoms with Crippen molar-refractivity contribution in [1.29, 1.82) is 0 Å². The van der Waals surface area contributed by atoms with E-state index in [0.29, 0.717) is 19.5 Å². The molecule has 6 N–H and O–H groups in total. The largest absolute Gasteiger partial charge is 0.409 e. The van der Waals surface area contributed by atoms with Gasteiger partial charge >= 0.3 is 0 Å². The Morgan fingerprint density at radius 3 is 2.69 bits per heavy atom. The maximum atomic E-state index is 10.3. The zero-order chi connectivity index (χ0) is 10.3. The number of nitrogens with one attached hydrogen (secondary N) is 1. The van der Waals surface area contributed by atoms with Gasteiger partial charge in [0, 0.05) is 25.4 Å². The summed E-state index contributed by atoms with van der Waals surface area (Å²) in [5, 5.41) is 14.1. The quantitative estimate of drug-likeness (QED) is 0.138. The smallest absolute Gasteiger partial charge is 0.218 e. The van der Waals surface area contributed by atoms with Gasteiger partial charge in [0.2, 0.25) is 5.91 Å². The normalized spacial score (nSPS) is 14.1. The van der Waals surface area contributed by atoms with E-state index in [1.54, 1.807) is 0 Å². The second-order valence-electron chi connectivity index (χ2n) is 2.85. The molecule has 0 fully saturated rings. The van der Waals surface area contributed by atoms with Crippen LogP contribution in [0.4, 0.5) is 0 Å². The Bertz CT molecular complexity index is 193. The number of nitrogens with two attached hydrogens (primary N) is 2. The predicted octanol–water partition coefficient (Wildman–Crippen LogP) is -1.17. The molecule has 0 radical (unpaired) electrons. The summed E-state index contributed by atoms with van der Waals surface area (Å²) in [7, 11) is 0. The fourth-order valence-electron chi connectivity index (χ4n) is 0.733. The number of amidine groups is 1. The number of nitrogens with zero attached hydrogens (tertiary/aromatic N) is 1. The minimum absolute atomic E-state index is 0.0575. The molecule has 0 aliphatic rings. The van der Waals surface area contributed by atoms with Crippen LogP contribution in [0, 0.1) is 5.92 Å². The van der Waals surface area contributed by atoms with Gasteiger partial charge in [0.15, 0.2) is 0 Å². The average Bonchev–Trinajstić information content (AvgIpc) is 2.10. The molecule has 0 bridgehead atoms. The number of amides is 1. The summed E-state index contributed by atoms with van der Waals surface area (Å²) in [6.07, 6.45) is 0.295. The van der Waals surface area contributed by atoms with Crippen LogP contribution in [-0.4, -0.2) is 30.0 Å². The number of oxime groups is 1. The molecule has 13 heavy (non-hydrogen) atoms. The van der Waals surface area contributed by atoms with Gasteiger partial charge in [0.1, 0.15) is 5.84 Å². The minimum Gasteiger partial charge on any atom is -0.409 e. The van der Waals surface area contributed by atoms with E-state index in [1.165, 1.54) is 0 Å². The third-order valence-corrected chi connectivity index (χ3v) is 1.62. The van der Waals surface area contributed by atoms with Crippen molar-refractivity contribution in [2.24, 2.45) is 22.5 Å². The van der Waals surface area contributed by atoms with Crippen LogP contribution in [0.3, 0.4) is 0 Å². The Balaban J connectivity index is 3.48. The lowest BCUT2D eigenvalue weighted by Gasteiger charge is -2.09. The van der Waals surface area contributed by atoms with Crippen molar-refractivity contribution in [2.75, 3.05) is 13.1 Å². The predicted molar refractivity (Wildman–Crippen MR) is 49.3 cm³/mol. The van der Waals surface area contributed by atoms with Crippen molar-refractivity contribution in [3.63, 3.8) is 0 Å². The van der Waals surface area contributed by atoms with Crippen molar-refractivity contribution in [1.82, 2.24) is 5.32 Å². The number of carbonyl (C=O) groups is 1. The van der Waals surface area contributed by atoms with E-state index in [0.717, 1.165) is 0 Å². The molecule has 1 atom stereocenters. The van der Waals surface area contributed by atoms with Crippen LogP contribution in [0.15, 0.2) is 5.16 Å². The monoisotopic (exact) mass is 188 g/mol. The molecule has 1 amide bonds. The maximum Gasteiger partial charge on any atom is 0.218 e. The highest BCUT2D eigenvalue weighted by molar-refractivity contribution is 5.82. The first kappa shape index (κ1) is 11.7. The van der Waals surface area contributed by atoms with Crippen LogP contribution in [0.1, 0.15) is 13.3 Å². The fourth-order valence-corrected chi connectivity index (χ4v) is 0.733. The molecule has 0 rings (SSSR count). The molecule has 0 aliphatic carbocycles. The van der Waals surface area contributed by atoms with Gasteiger partial charge in [-0.15, -0.1) is 0 Å². The highest BCUT2D eigenvalue weighted by atomic mass is 16.4. The van der Waals surface area contributed by atoms with Crippen LogP contribution in [0.25, 0.3) is 0 Å². The molecule has 0 aromatic heterocycles. The van der Waals surface area contributed by atoms with Gasteiger partial charge in [-0.3, -0.25) is 4.79 Å². The molecular weight excluding hydrogens is 172 g/mol. The molecule has 0 aromatic rings. The van der Waals surface area contributed by atoms with E-state index in [4.69, 9.17) is 16.7 Å². The lowest BCUT2D eigenvalue weighted by atomic mass is 10.1. The minimum atomic E-state index is -0.344. The number of carbonyl (C=O) groups excluding carboxylic acids is 1. The van der Waals surface area contributed by atoms with Gasteiger partial charge in [-0.1, -0.05) is 12.1 Å². The molecule has 1 unspecified atom stereocenters. The van der Waals surface area contributed by atoms with Crippen LogP contribution >= 0.6 is 0 Å². The second-order valence-corrected chi connectivity index (χ2v) is 2.85. The van der Waals surface area contributed by atoms with Crippen LogP contribution in [0.2, 0.25) is 0 Å². The molecule has 0 saturated carbocycles. The first-order chi connectivity index (χ1) is 6.07. The molecule has 0 aliphatic heterocycles. The van der Waals surface area contributed by atoms with Gasteiger partial charge in [0.25, 0.3) is 0 Å². The SMILES string of the molecule is CC(CNCCC(N)=O)C(N)=NO. The van der Waals surface area contributed by atoms with Crippen molar-refractivity contribution >= 4 is 11.7 Å². The fraction of sp³-hybridized carbons (Fsp3) is 0.714. The zero-order valence-corrected chi connectivity index (χ0v) is 7.66. The summed E-state index contributed by atoms with van der Waals surface area (Å²) in [5.41, 5.74) is 10.3. The summed E-state index contributed by atoms with van der Waals surface area (Å²) in [6.45, 7) is 2.88. The van der Waals surface area contributed by atoms with Crippen LogP contribution < -0.4 is 16.8 Å². The van der Waals surface area contributed by atoms with Crippen molar-refractivity contribution < 1.29 is 10.0 Å². The zero-order valence-electron chi connectivity index (χ0n) is 7.66. The third-order valence-electron chi connectivity index (χ3n) is 1.62. The van der Waals surface area contributed by atoms with Crippen LogP contribution in [-0.2, 0) is 4.79 Å². The summed E-state index contributed by atoms with van der Waals surface area (Å²) in [5.74, 6) is -0.228. The Hall–Kier alpha value is -1.30. The highest BCUT2D eigenvalue weighted by Gasteiger charge is 2.06.